The van der Waals surface area contributed by atoms with Crippen LogP contribution in [0.2, 0.25) is 0 Å². The maximum atomic E-state index is 5.49. The summed E-state index contributed by atoms with van der Waals surface area (Å²) in [5, 5.41) is 3.44. The van der Waals surface area contributed by atoms with Crippen molar-refractivity contribution < 1.29 is 9.47 Å². The van der Waals surface area contributed by atoms with Gasteiger partial charge in [0, 0.05) is 38.0 Å². The summed E-state index contributed by atoms with van der Waals surface area (Å²) < 4.78 is 11.0. The predicted molar refractivity (Wildman–Crippen MR) is 68.9 cm³/mol. The third kappa shape index (κ3) is 2.70. The number of morpholine rings is 1. The first-order valence-corrected chi connectivity index (χ1v) is 5.88. The van der Waals surface area contributed by atoms with Crippen molar-refractivity contribution in [1.29, 1.82) is 0 Å². The predicted octanol–water partition coefficient (Wildman–Crippen LogP) is 1.42. The van der Waals surface area contributed by atoms with Gasteiger partial charge < -0.3 is 19.7 Å². The van der Waals surface area contributed by atoms with Crippen molar-refractivity contribution in [3.63, 3.8) is 0 Å². The van der Waals surface area contributed by atoms with Crippen LogP contribution in [0.5, 0.6) is 5.75 Å². The molecule has 1 saturated heterocycles. The van der Waals surface area contributed by atoms with Gasteiger partial charge in [0.2, 0.25) is 0 Å². The maximum Gasteiger partial charge on any atom is 0.125 e. The van der Waals surface area contributed by atoms with Crippen LogP contribution in [0.25, 0.3) is 0 Å². The van der Waals surface area contributed by atoms with Crippen LogP contribution in [0.4, 0.5) is 5.69 Å². The van der Waals surface area contributed by atoms with Crippen molar-refractivity contribution in [3.05, 3.63) is 23.8 Å². The Kier molecular flexibility index (Phi) is 3.86. The van der Waals surface area contributed by atoms with E-state index >= 15 is 0 Å². The molecule has 1 heterocycles. The van der Waals surface area contributed by atoms with Crippen molar-refractivity contribution in [3.8, 4) is 5.75 Å². The average molecular weight is 236 g/mol. The van der Waals surface area contributed by atoms with Crippen molar-refractivity contribution >= 4 is 5.69 Å². The third-order valence-electron chi connectivity index (χ3n) is 3.03. The molecule has 1 aromatic rings. The molecule has 0 unspecified atom stereocenters. The Bertz CT molecular complexity index is 374. The van der Waals surface area contributed by atoms with Crippen LogP contribution in [0.15, 0.2) is 18.2 Å². The zero-order valence-corrected chi connectivity index (χ0v) is 10.7. The van der Waals surface area contributed by atoms with E-state index in [0.29, 0.717) is 6.61 Å². The van der Waals surface area contributed by atoms with Crippen molar-refractivity contribution in [2.75, 3.05) is 45.9 Å². The molecule has 1 aromatic carbocycles. The van der Waals surface area contributed by atoms with Crippen LogP contribution in [0.3, 0.4) is 0 Å². The smallest absolute Gasteiger partial charge is 0.125 e. The summed E-state index contributed by atoms with van der Waals surface area (Å²) in [5.74, 6) is 0.916. The van der Waals surface area contributed by atoms with Crippen LogP contribution in [-0.2, 0) is 4.74 Å². The third-order valence-corrected chi connectivity index (χ3v) is 3.03. The van der Waals surface area contributed by atoms with Gasteiger partial charge in [-0.15, -0.1) is 0 Å². The highest BCUT2D eigenvalue weighted by atomic mass is 16.5. The molecule has 94 valence electrons. The minimum Gasteiger partial charge on any atom is -0.496 e. The number of hydrogen-bond donors (Lipinski definition) is 1. The second kappa shape index (κ2) is 5.38. The zero-order valence-electron chi connectivity index (χ0n) is 10.7. The van der Waals surface area contributed by atoms with Crippen molar-refractivity contribution in [2.45, 2.75) is 6.04 Å². The highest BCUT2D eigenvalue weighted by Crippen LogP contribution is 2.30. The Morgan fingerprint density at radius 3 is 2.82 bits per heavy atom. The first-order chi connectivity index (χ1) is 8.22. The zero-order chi connectivity index (χ0) is 12.3. The molecule has 1 atom stereocenters. The number of nitrogens with zero attached hydrogens (tertiary/aromatic N) is 1. The molecule has 0 aromatic heterocycles. The Labute approximate surface area is 103 Å². The van der Waals surface area contributed by atoms with Crippen LogP contribution in [0.1, 0.15) is 11.6 Å². The van der Waals surface area contributed by atoms with E-state index in [-0.39, 0.29) is 6.04 Å². The lowest BCUT2D eigenvalue weighted by atomic mass is 10.0. The fourth-order valence-electron chi connectivity index (χ4n) is 2.03. The molecule has 4 heteroatoms. The molecule has 0 radical (unpaired) electrons. The van der Waals surface area contributed by atoms with Gasteiger partial charge in [-0.05, 0) is 6.07 Å². The molecule has 0 spiro atoms. The number of rotatable bonds is 3. The summed E-state index contributed by atoms with van der Waals surface area (Å²) >= 11 is 0. The summed E-state index contributed by atoms with van der Waals surface area (Å²) in [5.41, 5.74) is 2.31. The van der Waals surface area contributed by atoms with E-state index in [2.05, 4.69) is 28.4 Å². The van der Waals surface area contributed by atoms with Gasteiger partial charge in [0.25, 0.3) is 0 Å². The number of anilines is 1. The van der Waals surface area contributed by atoms with E-state index in [4.69, 9.17) is 9.47 Å². The molecular weight excluding hydrogens is 216 g/mol. The molecule has 0 aliphatic carbocycles. The van der Waals surface area contributed by atoms with Crippen molar-refractivity contribution in [2.24, 2.45) is 0 Å². The Balaban J connectivity index is 2.26. The van der Waals surface area contributed by atoms with Crippen molar-refractivity contribution in [1.82, 2.24) is 5.32 Å². The highest BCUT2D eigenvalue weighted by molar-refractivity contribution is 5.53. The molecule has 17 heavy (non-hydrogen) atoms. The molecule has 1 aliphatic rings. The molecule has 1 fully saturated rings. The van der Waals surface area contributed by atoms with E-state index in [0.717, 1.165) is 30.2 Å². The quantitative estimate of drug-likeness (QED) is 0.860. The topological polar surface area (TPSA) is 33.7 Å². The Hall–Kier alpha value is -1.26. The second-order valence-corrected chi connectivity index (χ2v) is 4.40. The van der Waals surface area contributed by atoms with E-state index in [9.17, 15) is 0 Å². The lowest BCUT2D eigenvalue weighted by Gasteiger charge is -2.26. The molecule has 0 saturated carbocycles. The molecule has 4 nitrogen and oxygen atoms in total. The van der Waals surface area contributed by atoms with E-state index < -0.39 is 0 Å². The molecule has 1 N–H and O–H groups in total. The molecule has 0 amide bonds. The minimum atomic E-state index is 0.231. The number of ether oxygens (including phenoxy) is 2. The van der Waals surface area contributed by atoms with Crippen LogP contribution >= 0.6 is 0 Å². The van der Waals surface area contributed by atoms with E-state index in [1.165, 1.54) is 0 Å². The fraction of sp³-hybridized carbons (Fsp3) is 0.538. The van der Waals surface area contributed by atoms with E-state index in [1.807, 2.05) is 14.1 Å². The highest BCUT2D eigenvalue weighted by Gasteiger charge is 2.19. The van der Waals surface area contributed by atoms with Gasteiger partial charge in [-0.25, -0.2) is 0 Å². The lowest BCUT2D eigenvalue weighted by Crippen LogP contribution is -2.34. The van der Waals surface area contributed by atoms with Crippen LogP contribution < -0.4 is 15.0 Å². The summed E-state index contributed by atoms with van der Waals surface area (Å²) in [4.78, 5) is 2.07. The normalized spacial score (nSPS) is 20.1. The van der Waals surface area contributed by atoms with Gasteiger partial charge in [-0.1, -0.05) is 6.07 Å². The maximum absolute atomic E-state index is 5.49. The first kappa shape index (κ1) is 12.2. The SMILES string of the molecule is COc1cc(N(C)C)ccc1[C@@H]1COCCN1. The molecular formula is C13H20N2O2. The molecule has 2 rings (SSSR count). The van der Waals surface area contributed by atoms with Gasteiger partial charge in [-0.3, -0.25) is 0 Å². The van der Waals surface area contributed by atoms with Gasteiger partial charge in [0.1, 0.15) is 5.75 Å². The van der Waals surface area contributed by atoms with Crippen LogP contribution in [-0.4, -0.2) is 41.0 Å². The number of nitrogens with one attached hydrogen (secondary N) is 1. The lowest BCUT2D eigenvalue weighted by molar-refractivity contribution is 0.0760. The van der Waals surface area contributed by atoms with Gasteiger partial charge in [-0.2, -0.15) is 0 Å². The Morgan fingerprint density at radius 2 is 2.24 bits per heavy atom. The number of hydrogen-bond acceptors (Lipinski definition) is 4. The Morgan fingerprint density at radius 1 is 1.41 bits per heavy atom. The van der Waals surface area contributed by atoms with Gasteiger partial charge >= 0.3 is 0 Å². The molecule has 1 aliphatic heterocycles. The number of benzene rings is 1. The first-order valence-electron chi connectivity index (χ1n) is 5.88. The van der Waals surface area contributed by atoms with Gasteiger partial charge in [0.15, 0.2) is 0 Å². The summed E-state index contributed by atoms with van der Waals surface area (Å²) in [6.07, 6.45) is 0. The summed E-state index contributed by atoms with van der Waals surface area (Å²) in [6, 6.07) is 6.51. The average Bonchev–Trinajstić information content (AvgIpc) is 2.39. The minimum absolute atomic E-state index is 0.231. The summed E-state index contributed by atoms with van der Waals surface area (Å²) in [7, 11) is 5.76. The second-order valence-electron chi connectivity index (χ2n) is 4.40. The monoisotopic (exact) mass is 236 g/mol. The van der Waals surface area contributed by atoms with Crippen LogP contribution in [0, 0.1) is 0 Å². The van der Waals surface area contributed by atoms with E-state index in [1.54, 1.807) is 7.11 Å². The standard InChI is InChI=1S/C13H20N2O2/c1-15(2)10-4-5-11(13(8-10)16-3)12-9-17-7-6-14-12/h4-5,8,12,14H,6-7,9H2,1-3H3/t12-/m0/s1. The van der Waals surface area contributed by atoms with Gasteiger partial charge in [0.05, 0.1) is 26.4 Å². The largest absolute Gasteiger partial charge is 0.496 e. The fourth-order valence-corrected chi connectivity index (χ4v) is 2.03. The summed E-state index contributed by atoms with van der Waals surface area (Å²) in [6.45, 7) is 2.38. The number of methoxy groups -OCH3 is 1. The molecule has 0 bridgehead atoms.